The summed E-state index contributed by atoms with van der Waals surface area (Å²) in [6, 6.07) is 6.98. The molecule has 5 nitrogen and oxygen atoms in total. The molecule has 104 valence electrons. The number of carbonyl (C=O) groups is 2. The first-order valence-corrected chi connectivity index (χ1v) is 6.10. The fraction of sp³-hybridized carbons (Fsp3) is 0.385. The van der Waals surface area contributed by atoms with Crippen molar-refractivity contribution < 1.29 is 9.59 Å². The quantitative estimate of drug-likeness (QED) is 0.758. The van der Waals surface area contributed by atoms with Crippen LogP contribution >= 0.6 is 12.4 Å². The summed E-state index contributed by atoms with van der Waals surface area (Å²) in [5.41, 5.74) is 6.37. The summed E-state index contributed by atoms with van der Waals surface area (Å²) in [7, 11) is 0. The molecule has 1 aliphatic carbocycles. The molecule has 0 aromatic heterocycles. The van der Waals surface area contributed by atoms with E-state index in [0.29, 0.717) is 24.3 Å². The second-order valence-electron chi connectivity index (χ2n) is 4.35. The molecule has 2 rings (SSSR count). The summed E-state index contributed by atoms with van der Waals surface area (Å²) in [6.07, 6.45) is 1.88. The molecule has 1 aromatic carbocycles. The molecule has 1 aromatic rings. The van der Waals surface area contributed by atoms with Gasteiger partial charge in [-0.2, -0.15) is 0 Å². The monoisotopic (exact) mass is 283 g/mol. The molecule has 0 atom stereocenters. The summed E-state index contributed by atoms with van der Waals surface area (Å²) in [4.78, 5) is 23.6. The van der Waals surface area contributed by atoms with Gasteiger partial charge in [0.05, 0.1) is 11.3 Å². The maximum atomic E-state index is 11.9. The van der Waals surface area contributed by atoms with Crippen LogP contribution in [0.5, 0.6) is 0 Å². The Bertz CT molecular complexity index is 461. The molecular formula is C13H18ClN3O2. The van der Waals surface area contributed by atoms with E-state index in [1.165, 1.54) is 0 Å². The normalized spacial score (nSPS) is 13.3. The minimum Gasteiger partial charge on any atom is -0.351 e. The molecule has 0 saturated heterocycles. The van der Waals surface area contributed by atoms with Crippen LogP contribution in [0.1, 0.15) is 23.2 Å². The van der Waals surface area contributed by atoms with Gasteiger partial charge in [0, 0.05) is 19.0 Å². The van der Waals surface area contributed by atoms with Crippen molar-refractivity contribution in [1.29, 1.82) is 0 Å². The number of hydrogen-bond donors (Lipinski definition) is 3. The lowest BCUT2D eigenvalue weighted by atomic mass is 10.1. The van der Waals surface area contributed by atoms with Crippen LogP contribution in [0.3, 0.4) is 0 Å². The average Bonchev–Trinajstić information content (AvgIpc) is 3.20. The first-order valence-electron chi connectivity index (χ1n) is 6.10. The maximum Gasteiger partial charge on any atom is 0.253 e. The fourth-order valence-electron chi connectivity index (χ4n) is 1.65. The molecule has 19 heavy (non-hydrogen) atoms. The highest BCUT2D eigenvalue weighted by Gasteiger charge is 2.30. The number of hydrogen-bond acceptors (Lipinski definition) is 3. The number of benzene rings is 1. The number of anilines is 1. The van der Waals surface area contributed by atoms with E-state index >= 15 is 0 Å². The molecule has 0 aliphatic heterocycles. The Balaban J connectivity index is 0.00000180. The third kappa shape index (κ3) is 4.22. The van der Waals surface area contributed by atoms with Crippen LogP contribution in [0.4, 0.5) is 5.69 Å². The Morgan fingerprint density at radius 3 is 2.58 bits per heavy atom. The van der Waals surface area contributed by atoms with E-state index in [1.54, 1.807) is 24.3 Å². The van der Waals surface area contributed by atoms with E-state index in [2.05, 4.69) is 10.6 Å². The second-order valence-corrected chi connectivity index (χ2v) is 4.35. The number of halogens is 1. The zero-order chi connectivity index (χ0) is 13.0. The molecule has 0 unspecified atom stereocenters. The predicted molar refractivity (Wildman–Crippen MR) is 76.4 cm³/mol. The number of para-hydroxylation sites is 1. The summed E-state index contributed by atoms with van der Waals surface area (Å²) < 4.78 is 0. The summed E-state index contributed by atoms with van der Waals surface area (Å²) in [6.45, 7) is 0.812. The summed E-state index contributed by atoms with van der Waals surface area (Å²) in [5, 5.41) is 5.49. The van der Waals surface area contributed by atoms with Crippen molar-refractivity contribution in [3.63, 3.8) is 0 Å². The van der Waals surface area contributed by atoms with E-state index in [9.17, 15) is 9.59 Å². The van der Waals surface area contributed by atoms with Crippen molar-refractivity contribution in [3.05, 3.63) is 29.8 Å². The van der Waals surface area contributed by atoms with Gasteiger partial charge in [-0.3, -0.25) is 9.59 Å². The third-order valence-corrected chi connectivity index (χ3v) is 2.81. The van der Waals surface area contributed by atoms with Gasteiger partial charge < -0.3 is 16.4 Å². The van der Waals surface area contributed by atoms with Gasteiger partial charge in [-0.1, -0.05) is 12.1 Å². The summed E-state index contributed by atoms with van der Waals surface area (Å²) >= 11 is 0. The molecule has 6 heteroatoms. The summed E-state index contributed by atoms with van der Waals surface area (Å²) in [5.74, 6) is -0.105. The molecule has 0 heterocycles. The van der Waals surface area contributed by atoms with Crippen LogP contribution in [0.2, 0.25) is 0 Å². The zero-order valence-electron chi connectivity index (χ0n) is 10.5. The number of amides is 2. The minimum absolute atomic E-state index is 0. The molecular weight excluding hydrogens is 266 g/mol. The van der Waals surface area contributed by atoms with Crippen molar-refractivity contribution in [2.45, 2.75) is 12.8 Å². The van der Waals surface area contributed by atoms with Crippen molar-refractivity contribution in [2.75, 3.05) is 18.4 Å². The molecule has 1 fully saturated rings. The second kappa shape index (κ2) is 7.11. The smallest absolute Gasteiger partial charge is 0.253 e. The Labute approximate surface area is 118 Å². The lowest BCUT2D eigenvalue weighted by Crippen LogP contribution is -2.30. The highest BCUT2D eigenvalue weighted by atomic mass is 35.5. The molecule has 0 radical (unpaired) electrons. The van der Waals surface area contributed by atoms with Crippen LogP contribution < -0.4 is 16.4 Å². The Morgan fingerprint density at radius 2 is 1.95 bits per heavy atom. The van der Waals surface area contributed by atoms with E-state index < -0.39 is 0 Å². The van der Waals surface area contributed by atoms with Gasteiger partial charge in [-0.25, -0.2) is 0 Å². The third-order valence-electron chi connectivity index (χ3n) is 2.81. The van der Waals surface area contributed by atoms with Crippen molar-refractivity contribution >= 4 is 29.9 Å². The van der Waals surface area contributed by atoms with Gasteiger partial charge >= 0.3 is 0 Å². The van der Waals surface area contributed by atoms with Gasteiger partial charge in [0.1, 0.15) is 0 Å². The first kappa shape index (κ1) is 15.5. The van der Waals surface area contributed by atoms with Crippen LogP contribution in [0.25, 0.3) is 0 Å². The number of nitrogens with two attached hydrogens (primary N) is 1. The molecule has 2 amide bonds. The number of nitrogens with one attached hydrogen (secondary N) is 2. The Kier molecular flexibility index (Phi) is 5.79. The Hall–Kier alpha value is -1.59. The van der Waals surface area contributed by atoms with E-state index in [-0.39, 0.29) is 30.1 Å². The molecule has 0 spiro atoms. The van der Waals surface area contributed by atoms with Crippen molar-refractivity contribution in [2.24, 2.45) is 11.7 Å². The predicted octanol–water partition coefficient (Wildman–Crippen LogP) is 1.15. The van der Waals surface area contributed by atoms with Crippen molar-refractivity contribution in [3.8, 4) is 0 Å². The van der Waals surface area contributed by atoms with Crippen LogP contribution in [0.15, 0.2) is 24.3 Å². The zero-order valence-corrected chi connectivity index (χ0v) is 11.3. The van der Waals surface area contributed by atoms with E-state index in [1.807, 2.05) is 0 Å². The van der Waals surface area contributed by atoms with E-state index in [0.717, 1.165) is 12.8 Å². The Morgan fingerprint density at radius 1 is 1.26 bits per heavy atom. The fourth-order valence-corrected chi connectivity index (χ4v) is 1.65. The highest BCUT2D eigenvalue weighted by molar-refractivity contribution is 6.04. The molecule has 1 aliphatic rings. The van der Waals surface area contributed by atoms with Crippen molar-refractivity contribution in [1.82, 2.24) is 5.32 Å². The number of carbonyl (C=O) groups excluding carboxylic acids is 2. The van der Waals surface area contributed by atoms with Gasteiger partial charge in [-0.05, 0) is 25.0 Å². The minimum atomic E-state index is -0.216. The van der Waals surface area contributed by atoms with Gasteiger partial charge in [0.15, 0.2) is 0 Å². The molecule has 1 saturated carbocycles. The highest BCUT2D eigenvalue weighted by Crippen LogP contribution is 2.30. The standard InChI is InChI=1S/C13H17N3O2.ClH/c14-7-8-15-13(18)10-3-1-2-4-11(10)16-12(17)9-5-6-9;/h1-4,9H,5-8,14H2,(H,15,18)(H,16,17);1H. The van der Waals surface area contributed by atoms with Crippen LogP contribution in [0, 0.1) is 5.92 Å². The first-order chi connectivity index (χ1) is 8.72. The largest absolute Gasteiger partial charge is 0.351 e. The molecule has 4 N–H and O–H groups in total. The topological polar surface area (TPSA) is 84.2 Å². The lowest BCUT2D eigenvalue weighted by molar-refractivity contribution is -0.117. The van der Waals surface area contributed by atoms with E-state index in [4.69, 9.17) is 5.73 Å². The maximum absolute atomic E-state index is 11.9. The average molecular weight is 284 g/mol. The van der Waals surface area contributed by atoms with Gasteiger partial charge in [0.2, 0.25) is 5.91 Å². The number of rotatable bonds is 5. The van der Waals surface area contributed by atoms with Crippen LogP contribution in [-0.4, -0.2) is 24.9 Å². The van der Waals surface area contributed by atoms with Gasteiger partial charge in [-0.15, -0.1) is 12.4 Å². The SMILES string of the molecule is Cl.NCCNC(=O)c1ccccc1NC(=O)C1CC1. The lowest BCUT2D eigenvalue weighted by Gasteiger charge is -2.10. The molecule has 0 bridgehead atoms. The van der Waals surface area contributed by atoms with Gasteiger partial charge in [0.25, 0.3) is 5.91 Å². The van der Waals surface area contributed by atoms with Crippen LogP contribution in [-0.2, 0) is 4.79 Å².